The normalized spacial score (nSPS) is 33.8. The summed E-state index contributed by atoms with van der Waals surface area (Å²) in [5.41, 5.74) is 0. The Labute approximate surface area is 95.4 Å². The van der Waals surface area contributed by atoms with Gasteiger partial charge in [0.05, 0.1) is 4.71 Å². The van der Waals surface area contributed by atoms with E-state index < -0.39 is 0 Å². The molecular weight excluding hydrogens is 214 g/mol. The first-order valence-electron chi connectivity index (χ1n) is 5.34. The molecule has 2 aliphatic heterocycles. The van der Waals surface area contributed by atoms with Gasteiger partial charge in [0, 0.05) is 11.8 Å². The summed E-state index contributed by atoms with van der Waals surface area (Å²) in [5.74, 6) is 9.01. The largest absolute Gasteiger partial charge is 0.317 e. The molecule has 2 saturated heterocycles. The van der Waals surface area contributed by atoms with Crippen LogP contribution in [-0.2, 0) is 0 Å². The Morgan fingerprint density at radius 1 is 1.14 bits per heavy atom. The van der Waals surface area contributed by atoms with Crippen LogP contribution in [0.3, 0.4) is 0 Å². The second-order valence-electron chi connectivity index (χ2n) is 3.93. The Morgan fingerprint density at radius 3 is 2.57 bits per heavy atom. The fourth-order valence-corrected chi connectivity index (χ4v) is 3.39. The molecule has 0 aromatic carbocycles. The molecule has 0 aromatic rings. The molecule has 2 heterocycles. The minimum absolute atomic E-state index is 0.240. The molecule has 0 aromatic heterocycles. The van der Waals surface area contributed by atoms with E-state index in [0.717, 1.165) is 13.1 Å². The molecule has 2 unspecified atom stereocenters. The average molecular weight is 230 g/mol. The van der Waals surface area contributed by atoms with Gasteiger partial charge in [0.15, 0.2) is 0 Å². The molecule has 14 heavy (non-hydrogen) atoms. The molecule has 78 valence electrons. The number of alkyl halides is 1. The number of hydrogen-bond donors (Lipinski definition) is 1. The third-order valence-electron chi connectivity index (χ3n) is 2.83. The molecule has 1 nitrogen and oxygen atoms in total. The van der Waals surface area contributed by atoms with Crippen LogP contribution < -0.4 is 5.32 Å². The smallest absolute Gasteiger partial charge is 0.0926 e. The summed E-state index contributed by atoms with van der Waals surface area (Å²) in [4.78, 5) is 0. The van der Waals surface area contributed by atoms with E-state index in [2.05, 4.69) is 17.2 Å². The molecule has 2 rings (SSSR count). The second kappa shape index (κ2) is 5.30. The van der Waals surface area contributed by atoms with Gasteiger partial charge in [0.25, 0.3) is 0 Å². The summed E-state index contributed by atoms with van der Waals surface area (Å²) in [7, 11) is 0. The first-order chi connectivity index (χ1) is 6.86. The highest BCUT2D eigenvalue weighted by molar-refractivity contribution is 8.01. The summed E-state index contributed by atoms with van der Waals surface area (Å²) in [6.07, 6.45) is 3.59. The number of piperidine rings is 1. The summed E-state index contributed by atoms with van der Waals surface area (Å²) >= 11 is 7.99. The Morgan fingerprint density at radius 2 is 1.93 bits per heavy atom. The van der Waals surface area contributed by atoms with Crippen molar-refractivity contribution in [1.29, 1.82) is 0 Å². The minimum atomic E-state index is 0.240. The van der Waals surface area contributed by atoms with Crippen LogP contribution in [0.25, 0.3) is 0 Å². The maximum atomic E-state index is 6.14. The molecule has 2 aliphatic rings. The lowest BCUT2D eigenvalue weighted by atomic mass is 9.97. The van der Waals surface area contributed by atoms with Crippen molar-refractivity contribution in [2.45, 2.75) is 24.0 Å². The van der Waals surface area contributed by atoms with Crippen molar-refractivity contribution in [2.75, 3.05) is 18.8 Å². The Bertz CT molecular complexity index is 239. The van der Waals surface area contributed by atoms with Gasteiger partial charge in [-0.05, 0) is 38.1 Å². The van der Waals surface area contributed by atoms with Gasteiger partial charge in [-0.25, -0.2) is 0 Å². The maximum Gasteiger partial charge on any atom is 0.0926 e. The highest BCUT2D eigenvalue weighted by Crippen LogP contribution is 2.34. The Kier molecular flexibility index (Phi) is 4.04. The van der Waals surface area contributed by atoms with Crippen molar-refractivity contribution in [2.24, 2.45) is 11.8 Å². The molecule has 2 atom stereocenters. The quantitative estimate of drug-likeness (QED) is 0.506. The van der Waals surface area contributed by atoms with Gasteiger partial charge >= 0.3 is 0 Å². The minimum Gasteiger partial charge on any atom is -0.317 e. The van der Waals surface area contributed by atoms with E-state index >= 15 is 0 Å². The van der Waals surface area contributed by atoms with Gasteiger partial charge in [0.2, 0.25) is 0 Å². The average Bonchev–Trinajstić information content (AvgIpc) is 2.63. The predicted molar refractivity (Wildman–Crippen MR) is 63.6 cm³/mol. The van der Waals surface area contributed by atoms with Crippen molar-refractivity contribution < 1.29 is 0 Å². The number of thioether (sulfide) groups is 1. The van der Waals surface area contributed by atoms with E-state index in [1.165, 1.54) is 25.0 Å². The Hall–Kier alpha value is 0.160. The van der Waals surface area contributed by atoms with Crippen LogP contribution in [-0.4, -0.2) is 23.6 Å². The number of halogens is 1. The molecule has 0 saturated carbocycles. The zero-order valence-electron chi connectivity index (χ0n) is 8.26. The predicted octanol–water partition coefficient (Wildman–Crippen LogP) is 2.31. The monoisotopic (exact) mass is 229 g/mol. The summed E-state index contributed by atoms with van der Waals surface area (Å²) in [6.45, 7) is 2.26. The van der Waals surface area contributed by atoms with Crippen molar-refractivity contribution in [3.63, 3.8) is 0 Å². The molecular formula is C11H16ClNS. The molecule has 3 heteroatoms. The molecule has 0 spiro atoms. The van der Waals surface area contributed by atoms with E-state index in [0.29, 0.717) is 11.8 Å². The standard InChI is InChI=1S/C11H16ClNS/c12-11-10(5-8-14-11)2-1-9-3-6-13-7-4-9/h9-11,13H,3-8H2. The number of rotatable bonds is 0. The lowest BCUT2D eigenvalue weighted by molar-refractivity contribution is 0.447. The topological polar surface area (TPSA) is 12.0 Å². The Balaban J connectivity index is 1.85. The second-order valence-corrected chi connectivity index (χ2v) is 5.91. The van der Waals surface area contributed by atoms with E-state index in [4.69, 9.17) is 11.6 Å². The molecule has 2 fully saturated rings. The number of nitrogens with one attached hydrogen (secondary N) is 1. The third-order valence-corrected chi connectivity index (χ3v) is 4.63. The zero-order valence-corrected chi connectivity index (χ0v) is 9.83. The highest BCUT2D eigenvalue weighted by Gasteiger charge is 2.24. The van der Waals surface area contributed by atoms with Crippen molar-refractivity contribution >= 4 is 23.4 Å². The fraction of sp³-hybridized carbons (Fsp3) is 0.818. The van der Waals surface area contributed by atoms with E-state index in [1.54, 1.807) is 0 Å². The van der Waals surface area contributed by atoms with Crippen LogP contribution in [0.5, 0.6) is 0 Å². The van der Waals surface area contributed by atoms with Crippen LogP contribution in [0.2, 0.25) is 0 Å². The molecule has 0 bridgehead atoms. The summed E-state index contributed by atoms with van der Waals surface area (Å²) < 4.78 is 0.240. The van der Waals surface area contributed by atoms with Crippen molar-refractivity contribution in [1.82, 2.24) is 5.32 Å². The van der Waals surface area contributed by atoms with Crippen molar-refractivity contribution in [3.05, 3.63) is 0 Å². The van der Waals surface area contributed by atoms with E-state index in [-0.39, 0.29) is 4.71 Å². The molecule has 0 radical (unpaired) electrons. The van der Waals surface area contributed by atoms with Crippen LogP contribution in [0, 0.1) is 23.7 Å². The van der Waals surface area contributed by atoms with Gasteiger partial charge in [-0.2, -0.15) is 0 Å². The van der Waals surface area contributed by atoms with Crippen LogP contribution >= 0.6 is 23.4 Å². The molecule has 0 aliphatic carbocycles. The van der Waals surface area contributed by atoms with Crippen LogP contribution in [0.4, 0.5) is 0 Å². The van der Waals surface area contributed by atoms with Gasteiger partial charge in [-0.1, -0.05) is 11.8 Å². The van der Waals surface area contributed by atoms with E-state index in [1.807, 2.05) is 11.8 Å². The van der Waals surface area contributed by atoms with Gasteiger partial charge in [-0.3, -0.25) is 0 Å². The lowest BCUT2D eigenvalue weighted by Crippen LogP contribution is -2.27. The SMILES string of the molecule is ClC1SCCC1C#CC1CCNCC1. The fourth-order valence-electron chi connectivity index (χ4n) is 1.88. The lowest BCUT2D eigenvalue weighted by Gasteiger charge is -2.17. The van der Waals surface area contributed by atoms with Crippen LogP contribution in [0.1, 0.15) is 19.3 Å². The first kappa shape index (κ1) is 10.7. The summed E-state index contributed by atoms with van der Waals surface area (Å²) in [6, 6.07) is 0. The molecule has 1 N–H and O–H groups in total. The number of hydrogen-bond acceptors (Lipinski definition) is 2. The third kappa shape index (κ3) is 2.82. The maximum absolute atomic E-state index is 6.14. The zero-order chi connectivity index (χ0) is 9.80. The summed E-state index contributed by atoms with van der Waals surface area (Å²) in [5, 5.41) is 3.35. The van der Waals surface area contributed by atoms with Gasteiger partial charge in [-0.15, -0.1) is 23.4 Å². The molecule has 0 amide bonds. The van der Waals surface area contributed by atoms with Gasteiger partial charge < -0.3 is 5.32 Å². The van der Waals surface area contributed by atoms with Gasteiger partial charge in [0.1, 0.15) is 0 Å². The van der Waals surface area contributed by atoms with Crippen molar-refractivity contribution in [3.8, 4) is 11.8 Å². The highest BCUT2D eigenvalue weighted by atomic mass is 35.5. The van der Waals surface area contributed by atoms with Crippen LogP contribution in [0.15, 0.2) is 0 Å². The van der Waals surface area contributed by atoms with E-state index in [9.17, 15) is 0 Å². The first-order valence-corrected chi connectivity index (χ1v) is 6.82.